The van der Waals surface area contributed by atoms with Crippen molar-refractivity contribution in [2.24, 2.45) is 0 Å². The van der Waals surface area contributed by atoms with E-state index in [1.165, 1.54) is 4.90 Å². The number of imide groups is 1. The molecule has 152 valence electrons. The van der Waals surface area contributed by atoms with Gasteiger partial charge in [-0.1, -0.05) is 31.2 Å². The van der Waals surface area contributed by atoms with Crippen LogP contribution in [0.2, 0.25) is 0 Å². The largest absolute Gasteiger partial charge is 0.494 e. The maximum absolute atomic E-state index is 12.6. The third kappa shape index (κ3) is 5.32. The number of thioether (sulfide) groups is 1. The second kappa shape index (κ2) is 10.0. The van der Waals surface area contributed by atoms with Crippen LogP contribution >= 0.6 is 11.8 Å². The van der Waals surface area contributed by atoms with E-state index in [2.05, 4.69) is 0 Å². The van der Waals surface area contributed by atoms with Gasteiger partial charge in [0.15, 0.2) is 11.5 Å². The first-order valence-electron chi connectivity index (χ1n) is 9.36. The van der Waals surface area contributed by atoms with E-state index in [0.29, 0.717) is 23.0 Å². The minimum absolute atomic E-state index is 0.170. The second-order valence-corrected chi connectivity index (χ2v) is 7.24. The Hall–Kier alpha value is -2.93. The Morgan fingerprint density at radius 2 is 1.69 bits per heavy atom. The Balaban J connectivity index is 1.59. The molecule has 0 atom stereocenters. The average molecular weight is 413 g/mol. The van der Waals surface area contributed by atoms with Crippen LogP contribution in [0.3, 0.4) is 0 Å². The summed E-state index contributed by atoms with van der Waals surface area (Å²) in [6.45, 7) is 3.07. The quantitative estimate of drug-likeness (QED) is 0.560. The van der Waals surface area contributed by atoms with Gasteiger partial charge in [0.05, 0.1) is 25.2 Å². The molecule has 1 saturated heterocycles. The summed E-state index contributed by atoms with van der Waals surface area (Å²) in [5.74, 6) is 1.65. The molecule has 0 aromatic heterocycles. The lowest BCUT2D eigenvalue weighted by Crippen LogP contribution is -2.32. The van der Waals surface area contributed by atoms with Crippen molar-refractivity contribution in [3.05, 3.63) is 59.0 Å². The number of rotatable bonds is 9. The van der Waals surface area contributed by atoms with Gasteiger partial charge < -0.3 is 14.2 Å². The minimum Gasteiger partial charge on any atom is -0.494 e. The number of hydrogen-bond donors (Lipinski definition) is 0. The summed E-state index contributed by atoms with van der Waals surface area (Å²) >= 11 is 0.936. The summed E-state index contributed by atoms with van der Waals surface area (Å²) in [6.07, 6.45) is 2.66. The summed E-state index contributed by atoms with van der Waals surface area (Å²) in [5.41, 5.74) is 0.838. The van der Waals surface area contributed by atoms with Gasteiger partial charge in [0.25, 0.3) is 11.1 Å². The third-order valence-corrected chi connectivity index (χ3v) is 5.07. The standard InChI is InChI=1S/C22H23NO5S/c1-3-13-27-17-10-8-16(9-11-17)15-20-21(24)23(22(25)29-20)12-14-28-19-7-5-4-6-18(19)26-2/h4-11,15H,3,12-14H2,1-2H3/b20-15-. The molecule has 6 nitrogen and oxygen atoms in total. The summed E-state index contributed by atoms with van der Waals surface area (Å²) in [6, 6.07) is 14.7. The fourth-order valence-corrected chi connectivity index (χ4v) is 3.57. The van der Waals surface area contributed by atoms with Crippen molar-refractivity contribution in [1.29, 1.82) is 0 Å². The van der Waals surface area contributed by atoms with E-state index >= 15 is 0 Å². The number of methoxy groups -OCH3 is 1. The highest BCUT2D eigenvalue weighted by atomic mass is 32.2. The monoisotopic (exact) mass is 413 g/mol. The van der Waals surface area contributed by atoms with E-state index in [4.69, 9.17) is 14.2 Å². The molecule has 0 saturated carbocycles. The first-order valence-corrected chi connectivity index (χ1v) is 10.2. The molecule has 29 heavy (non-hydrogen) atoms. The maximum atomic E-state index is 12.6. The highest BCUT2D eigenvalue weighted by Crippen LogP contribution is 2.32. The van der Waals surface area contributed by atoms with Crippen molar-refractivity contribution in [2.75, 3.05) is 26.9 Å². The van der Waals surface area contributed by atoms with Crippen molar-refractivity contribution in [3.63, 3.8) is 0 Å². The molecule has 7 heteroatoms. The number of hydrogen-bond acceptors (Lipinski definition) is 6. The molecular formula is C22H23NO5S. The zero-order chi connectivity index (χ0) is 20.6. The number of carbonyl (C=O) groups excluding carboxylic acids is 2. The van der Waals surface area contributed by atoms with Gasteiger partial charge in [-0.15, -0.1) is 0 Å². The first-order chi connectivity index (χ1) is 14.1. The number of amides is 2. The number of carbonyl (C=O) groups is 2. The van der Waals surface area contributed by atoms with Crippen LogP contribution in [-0.2, 0) is 4.79 Å². The van der Waals surface area contributed by atoms with E-state index in [9.17, 15) is 9.59 Å². The van der Waals surface area contributed by atoms with Gasteiger partial charge in [0, 0.05) is 0 Å². The molecule has 2 aromatic rings. The normalized spacial score (nSPS) is 15.1. The smallest absolute Gasteiger partial charge is 0.293 e. The molecule has 0 N–H and O–H groups in total. The van der Waals surface area contributed by atoms with Crippen LogP contribution in [0.1, 0.15) is 18.9 Å². The molecule has 0 radical (unpaired) electrons. The zero-order valence-corrected chi connectivity index (χ0v) is 17.2. The molecule has 0 unspecified atom stereocenters. The Bertz CT molecular complexity index is 894. The number of ether oxygens (including phenoxy) is 3. The van der Waals surface area contributed by atoms with Crippen LogP contribution in [-0.4, -0.2) is 42.9 Å². The molecule has 1 aliphatic heterocycles. The number of para-hydroxylation sites is 2. The van der Waals surface area contributed by atoms with E-state index in [0.717, 1.165) is 29.5 Å². The van der Waals surface area contributed by atoms with Gasteiger partial charge in [-0.2, -0.15) is 0 Å². The van der Waals surface area contributed by atoms with Crippen LogP contribution in [0.4, 0.5) is 4.79 Å². The van der Waals surface area contributed by atoms with Crippen LogP contribution in [0.25, 0.3) is 6.08 Å². The van der Waals surface area contributed by atoms with Crippen LogP contribution in [0, 0.1) is 0 Å². The third-order valence-electron chi connectivity index (χ3n) is 4.17. The lowest BCUT2D eigenvalue weighted by atomic mass is 10.2. The Labute approximate surface area is 174 Å². The van der Waals surface area contributed by atoms with Gasteiger partial charge in [0.1, 0.15) is 12.4 Å². The fraction of sp³-hybridized carbons (Fsp3) is 0.273. The van der Waals surface area contributed by atoms with Gasteiger partial charge in [-0.3, -0.25) is 14.5 Å². The molecule has 2 aromatic carbocycles. The predicted molar refractivity (Wildman–Crippen MR) is 113 cm³/mol. The molecule has 1 heterocycles. The molecular weight excluding hydrogens is 390 g/mol. The van der Waals surface area contributed by atoms with Crippen molar-refractivity contribution in [2.45, 2.75) is 13.3 Å². The molecule has 0 bridgehead atoms. The van der Waals surface area contributed by atoms with E-state index in [-0.39, 0.29) is 24.3 Å². The SMILES string of the molecule is CCCOc1ccc(/C=C2\SC(=O)N(CCOc3ccccc3OC)C2=O)cc1. The van der Waals surface area contributed by atoms with Gasteiger partial charge in [0.2, 0.25) is 0 Å². The topological polar surface area (TPSA) is 65.1 Å². The molecule has 2 amide bonds. The van der Waals surface area contributed by atoms with Crippen molar-refractivity contribution < 1.29 is 23.8 Å². The van der Waals surface area contributed by atoms with Gasteiger partial charge >= 0.3 is 0 Å². The van der Waals surface area contributed by atoms with E-state index in [1.54, 1.807) is 25.3 Å². The minimum atomic E-state index is -0.310. The van der Waals surface area contributed by atoms with Crippen molar-refractivity contribution in [3.8, 4) is 17.2 Å². The first kappa shape index (κ1) is 20.8. The summed E-state index contributed by atoms with van der Waals surface area (Å²) in [7, 11) is 1.56. The maximum Gasteiger partial charge on any atom is 0.293 e. The number of nitrogens with zero attached hydrogens (tertiary/aromatic N) is 1. The van der Waals surface area contributed by atoms with Crippen molar-refractivity contribution >= 4 is 29.0 Å². The van der Waals surface area contributed by atoms with Crippen molar-refractivity contribution in [1.82, 2.24) is 4.90 Å². The lowest BCUT2D eigenvalue weighted by Gasteiger charge is -2.14. The van der Waals surface area contributed by atoms with Crippen LogP contribution < -0.4 is 14.2 Å². The second-order valence-electron chi connectivity index (χ2n) is 6.25. The highest BCUT2D eigenvalue weighted by molar-refractivity contribution is 8.18. The highest BCUT2D eigenvalue weighted by Gasteiger charge is 2.34. The molecule has 1 aliphatic rings. The summed E-state index contributed by atoms with van der Waals surface area (Å²) in [4.78, 5) is 26.5. The van der Waals surface area contributed by atoms with Crippen LogP contribution in [0.15, 0.2) is 53.4 Å². The zero-order valence-electron chi connectivity index (χ0n) is 16.4. The average Bonchev–Trinajstić information content (AvgIpc) is 3.01. The molecule has 1 fully saturated rings. The predicted octanol–water partition coefficient (Wildman–Crippen LogP) is 4.60. The molecule has 0 aliphatic carbocycles. The molecule has 3 rings (SSSR count). The molecule has 0 spiro atoms. The Morgan fingerprint density at radius 3 is 2.38 bits per heavy atom. The van der Waals surface area contributed by atoms with E-state index in [1.807, 2.05) is 43.3 Å². The Morgan fingerprint density at radius 1 is 0.966 bits per heavy atom. The summed E-state index contributed by atoms with van der Waals surface area (Å²) < 4.78 is 16.5. The lowest BCUT2D eigenvalue weighted by molar-refractivity contribution is -0.123. The fourth-order valence-electron chi connectivity index (χ4n) is 2.71. The number of benzene rings is 2. The summed E-state index contributed by atoms with van der Waals surface area (Å²) in [5, 5.41) is -0.298. The van der Waals surface area contributed by atoms with Gasteiger partial charge in [-0.05, 0) is 54.1 Å². The van der Waals surface area contributed by atoms with E-state index < -0.39 is 0 Å². The van der Waals surface area contributed by atoms with Gasteiger partial charge in [-0.25, -0.2) is 0 Å². The van der Waals surface area contributed by atoms with Crippen LogP contribution in [0.5, 0.6) is 17.2 Å². The Kier molecular flexibility index (Phi) is 7.19.